The molecule has 0 spiro atoms. The summed E-state index contributed by atoms with van der Waals surface area (Å²) in [6.07, 6.45) is 1.97. The number of methoxy groups -OCH3 is 1. The number of fused-ring (bicyclic) bond motifs is 1. The van der Waals surface area contributed by atoms with Crippen LogP contribution in [0.1, 0.15) is 28.6 Å². The number of nitrogens with zero attached hydrogens (tertiary/aromatic N) is 2. The number of hydrogen-bond donors (Lipinski definition) is 2. The molecule has 0 saturated heterocycles. The summed E-state index contributed by atoms with van der Waals surface area (Å²) >= 11 is 0. The van der Waals surface area contributed by atoms with E-state index in [2.05, 4.69) is 39.7 Å². The van der Waals surface area contributed by atoms with E-state index in [4.69, 9.17) is 10.6 Å². The lowest BCUT2D eigenvalue weighted by atomic mass is 10.1. The fourth-order valence-electron chi connectivity index (χ4n) is 2.74. The van der Waals surface area contributed by atoms with Crippen LogP contribution >= 0.6 is 0 Å². The summed E-state index contributed by atoms with van der Waals surface area (Å²) in [7, 11) is 1.66. The summed E-state index contributed by atoms with van der Waals surface area (Å²) in [5.74, 6) is 7.28. The molecule has 1 aliphatic carbocycles. The number of nitrogen functional groups attached to an aromatic ring is 1. The lowest BCUT2D eigenvalue weighted by Crippen LogP contribution is -2.14. The normalized spacial score (nSPS) is 14.3. The number of rotatable bonds is 4. The van der Waals surface area contributed by atoms with Crippen molar-refractivity contribution in [2.45, 2.75) is 25.4 Å². The molecule has 0 unspecified atom stereocenters. The number of hydrazine groups is 1. The van der Waals surface area contributed by atoms with Crippen LogP contribution in [-0.4, -0.2) is 17.1 Å². The Bertz CT molecular complexity index is 590. The molecule has 0 fully saturated rings. The van der Waals surface area contributed by atoms with Crippen LogP contribution < -0.4 is 11.3 Å². The van der Waals surface area contributed by atoms with Gasteiger partial charge in [0.25, 0.3) is 0 Å². The second kappa shape index (κ2) is 5.56. The number of nitrogens with two attached hydrogens (primary N) is 1. The van der Waals surface area contributed by atoms with Crippen molar-refractivity contribution in [3.8, 4) is 0 Å². The van der Waals surface area contributed by atoms with E-state index in [9.17, 15) is 0 Å². The highest BCUT2D eigenvalue weighted by Crippen LogP contribution is 2.32. The van der Waals surface area contributed by atoms with Crippen molar-refractivity contribution >= 4 is 5.82 Å². The fraction of sp³-hybridized carbons (Fsp3) is 0.333. The van der Waals surface area contributed by atoms with Crippen LogP contribution in [0.3, 0.4) is 0 Å². The average Bonchev–Trinajstić information content (AvgIpc) is 2.91. The number of aromatic nitrogens is 2. The van der Waals surface area contributed by atoms with Gasteiger partial charge in [0.15, 0.2) is 0 Å². The minimum atomic E-state index is 0.316. The quantitative estimate of drug-likeness (QED) is 0.654. The number of anilines is 1. The molecule has 1 aliphatic rings. The summed E-state index contributed by atoms with van der Waals surface area (Å²) in [5.41, 5.74) is 6.23. The molecule has 1 aromatic carbocycles. The van der Waals surface area contributed by atoms with Crippen LogP contribution in [0.15, 0.2) is 30.3 Å². The highest BCUT2D eigenvalue weighted by Gasteiger charge is 2.25. The predicted octanol–water partition coefficient (Wildman–Crippen LogP) is 1.79. The number of ether oxygens (including phenoxy) is 1. The Morgan fingerprint density at radius 2 is 1.95 bits per heavy atom. The molecule has 3 N–H and O–H groups in total. The molecule has 1 aromatic heterocycles. The van der Waals surface area contributed by atoms with E-state index in [1.165, 1.54) is 11.1 Å². The largest absolute Gasteiger partial charge is 0.378 e. The Hall–Kier alpha value is -1.98. The van der Waals surface area contributed by atoms with Gasteiger partial charge >= 0.3 is 0 Å². The maximum atomic E-state index is 5.49. The van der Waals surface area contributed by atoms with Gasteiger partial charge in [-0.05, 0) is 24.0 Å². The van der Waals surface area contributed by atoms with E-state index in [1.807, 2.05) is 6.07 Å². The zero-order valence-electron chi connectivity index (χ0n) is 11.5. The monoisotopic (exact) mass is 270 g/mol. The van der Waals surface area contributed by atoms with Crippen LogP contribution in [0.2, 0.25) is 0 Å². The first-order chi connectivity index (χ1) is 9.80. The molecule has 3 rings (SSSR count). The second-order valence-corrected chi connectivity index (χ2v) is 5.05. The Morgan fingerprint density at radius 3 is 2.55 bits per heavy atom. The number of hydrogen-bond acceptors (Lipinski definition) is 5. The zero-order chi connectivity index (χ0) is 13.9. The molecule has 0 aliphatic heterocycles. The molecule has 0 radical (unpaired) electrons. The molecule has 0 bridgehead atoms. The fourth-order valence-corrected chi connectivity index (χ4v) is 2.74. The molecule has 1 heterocycles. The maximum absolute atomic E-state index is 5.49. The van der Waals surface area contributed by atoms with Crippen molar-refractivity contribution in [3.05, 3.63) is 53.0 Å². The van der Waals surface area contributed by atoms with E-state index < -0.39 is 0 Å². The first kappa shape index (κ1) is 13.0. The molecule has 0 amide bonds. The molecule has 0 saturated carbocycles. The van der Waals surface area contributed by atoms with Crippen molar-refractivity contribution in [3.63, 3.8) is 0 Å². The van der Waals surface area contributed by atoms with Crippen LogP contribution in [-0.2, 0) is 24.2 Å². The van der Waals surface area contributed by atoms with Crippen molar-refractivity contribution in [2.75, 3.05) is 12.5 Å². The third-order valence-corrected chi connectivity index (χ3v) is 3.65. The maximum Gasteiger partial charge on any atom is 0.144 e. The Labute approximate surface area is 118 Å². The van der Waals surface area contributed by atoms with Crippen LogP contribution in [0.5, 0.6) is 0 Å². The van der Waals surface area contributed by atoms with E-state index in [0.29, 0.717) is 18.3 Å². The first-order valence-electron chi connectivity index (χ1n) is 6.70. The van der Waals surface area contributed by atoms with Gasteiger partial charge in [0.05, 0.1) is 12.3 Å². The van der Waals surface area contributed by atoms with Gasteiger partial charge in [-0.3, -0.25) is 0 Å². The minimum Gasteiger partial charge on any atom is -0.378 e. The van der Waals surface area contributed by atoms with E-state index in [1.54, 1.807) is 7.11 Å². The smallest absolute Gasteiger partial charge is 0.144 e. The summed E-state index contributed by atoms with van der Waals surface area (Å²) < 4.78 is 5.15. The minimum absolute atomic E-state index is 0.316. The van der Waals surface area contributed by atoms with Gasteiger partial charge in [-0.2, -0.15) is 0 Å². The predicted molar refractivity (Wildman–Crippen MR) is 77.1 cm³/mol. The van der Waals surface area contributed by atoms with Gasteiger partial charge in [0.1, 0.15) is 11.6 Å². The Balaban J connectivity index is 1.89. The van der Waals surface area contributed by atoms with E-state index >= 15 is 0 Å². The van der Waals surface area contributed by atoms with Crippen molar-refractivity contribution in [1.82, 2.24) is 9.97 Å². The van der Waals surface area contributed by atoms with Crippen LogP contribution in [0.25, 0.3) is 0 Å². The highest BCUT2D eigenvalue weighted by atomic mass is 16.5. The summed E-state index contributed by atoms with van der Waals surface area (Å²) in [6, 6.07) is 10.3. The molecule has 5 nitrogen and oxygen atoms in total. The SMILES string of the molecule is COCc1cc(NN)nc(C2Cc3ccccc3C2)n1. The van der Waals surface area contributed by atoms with Gasteiger partial charge in [-0.15, -0.1) is 0 Å². The summed E-state index contributed by atoms with van der Waals surface area (Å²) in [4.78, 5) is 9.10. The first-order valence-corrected chi connectivity index (χ1v) is 6.70. The molecular formula is C15H18N4O. The lowest BCUT2D eigenvalue weighted by molar-refractivity contribution is 0.181. The van der Waals surface area contributed by atoms with Crippen molar-refractivity contribution in [1.29, 1.82) is 0 Å². The average molecular weight is 270 g/mol. The Kier molecular flexibility index (Phi) is 3.62. The van der Waals surface area contributed by atoms with Crippen LogP contribution in [0.4, 0.5) is 5.82 Å². The zero-order valence-corrected chi connectivity index (χ0v) is 11.5. The number of nitrogens with one attached hydrogen (secondary N) is 1. The van der Waals surface area contributed by atoms with Gasteiger partial charge in [-0.1, -0.05) is 24.3 Å². The van der Waals surface area contributed by atoms with E-state index in [0.717, 1.165) is 24.4 Å². The lowest BCUT2D eigenvalue weighted by Gasteiger charge is -2.11. The van der Waals surface area contributed by atoms with Gasteiger partial charge in [0, 0.05) is 19.1 Å². The summed E-state index contributed by atoms with van der Waals surface area (Å²) in [6.45, 7) is 0.462. The summed E-state index contributed by atoms with van der Waals surface area (Å²) in [5, 5.41) is 0. The molecule has 2 aromatic rings. The van der Waals surface area contributed by atoms with Crippen LogP contribution in [0, 0.1) is 0 Å². The van der Waals surface area contributed by atoms with Crippen molar-refractivity contribution in [2.24, 2.45) is 5.84 Å². The highest BCUT2D eigenvalue weighted by molar-refractivity contribution is 5.38. The van der Waals surface area contributed by atoms with E-state index in [-0.39, 0.29) is 0 Å². The van der Waals surface area contributed by atoms with Gasteiger partial charge in [-0.25, -0.2) is 15.8 Å². The second-order valence-electron chi connectivity index (χ2n) is 5.05. The number of benzene rings is 1. The molecule has 5 heteroatoms. The third-order valence-electron chi connectivity index (χ3n) is 3.65. The molecule has 20 heavy (non-hydrogen) atoms. The molecule has 0 atom stereocenters. The topological polar surface area (TPSA) is 73.1 Å². The van der Waals surface area contributed by atoms with Gasteiger partial charge < -0.3 is 10.2 Å². The molecule has 104 valence electrons. The standard InChI is InChI=1S/C15H18N4O/c1-20-9-13-8-14(19-16)18-15(17-13)12-6-10-4-2-3-5-11(10)7-12/h2-5,8,12H,6-7,9,16H2,1H3,(H,17,18,19). The van der Waals surface area contributed by atoms with Gasteiger partial charge in [0.2, 0.25) is 0 Å². The third kappa shape index (κ3) is 2.50. The molecular weight excluding hydrogens is 252 g/mol. The Morgan fingerprint density at radius 1 is 1.25 bits per heavy atom. The van der Waals surface area contributed by atoms with Crippen molar-refractivity contribution < 1.29 is 4.74 Å².